The Balaban J connectivity index is 3.79. The smallest absolute Gasteiger partial charge is 0.165 e. The molecule has 1 aromatic heterocycles. The van der Waals surface area contributed by atoms with Crippen LogP contribution in [0.5, 0.6) is 0 Å². The molecule has 0 aliphatic carbocycles. The van der Waals surface area contributed by atoms with Crippen molar-refractivity contribution in [3.63, 3.8) is 0 Å². The number of rotatable bonds is 9. The van der Waals surface area contributed by atoms with Crippen LogP contribution >= 0.6 is 0 Å². The van der Waals surface area contributed by atoms with Crippen LogP contribution in [0.1, 0.15) is 31.3 Å². The van der Waals surface area contributed by atoms with Crippen molar-refractivity contribution in [2.24, 2.45) is 4.99 Å². The first-order valence-corrected chi connectivity index (χ1v) is 8.58. The molecule has 0 unspecified atom stereocenters. The fraction of sp³-hybridized carbons (Fsp3) is 0.130. The molecule has 0 saturated heterocycles. The van der Waals surface area contributed by atoms with Gasteiger partial charge in [0.15, 0.2) is 17.5 Å². The molecule has 0 aliphatic heterocycles. The van der Waals surface area contributed by atoms with Crippen molar-refractivity contribution in [2.75, 3.05) is 7.05 Å². The van der Waals surface area contributed by atoms with Crippen molar-refractivity contribution >= 4 is 22.9 Å². The van der Waals surface area contributed by atoms with Gasteiger partial charge in [0, 0.05) is 30.0 Å². The molecule has 138 valence electrons. The Labute approximate surface area is 162 Å². The van der Waals surface area contributed by atoms with E-state index in [1.165, 1.54) is 0 Å². The van der Waals surface area contributed by atoms with E-state index in [2.05, 4.69) is 39.7 Å². The third kappa shape index (κ3) is 6.44. The lowest BCUT2D eigenvalue weighted by atomic mass is 10.1. The molecule has 0 aromatic carbocycles. The summed E-state index contributed by atoms with van der Waals surface area (Å²) in [4.78, 5) is 17.9. The van der Waals surface area contributed by atoms with Crippen LogP contribution in [0.4, 0.5) is 0 Å². The van der Waals surface area contributed by atoms with Crippen LogP contribution in [0.15, 0.2) is 85.5 Å². The summed E-state index contributed by atoms with van der Waals surface area (Å²) in [5.41, 5.74) is 2.32. The molecule has 27 heavy (non-hydrogen) atoms. The highest BCUT2D eigenvalue weighted by Gasteiger charge is 2.12. The molecular formula is C23H26N4. The normalized spacial score (nSPS) is 13.7. The molecule has 0 aliphatic rings. The van der Waals surface area contributed by atoms with Gasteiger partial charge in [0.25, 0.3) is 0 Å². The molecule has 4 nitrogen and oxygen atoms in total. The fourth-order valence-corrected chi connectivity index (χ4v) is 2.07. The topological polar surface area (TPSA) is 51.0 Å². The number of hydrogen-bond donors (Lipinski definition) is 0. The van der Waals surface area contributed by atoms with E-state index in [0.717, 1.165) is 16.7 Å². The number of hydrogen-bond acceptors (Lipinski definition) is 4. The third-order valence-electron chi connectivity index (χ3n) is 3.35. The number of aliphatic imine (C=N–C) groups is 1. The van der Waals surface area contributed by atoms with Crippen molar-refractivity contribution in [1.29, 1.82) is 0 Å². The van der Waals surface area contributed by atoms with Crippen LogP contribution in [0.2, 0.25) is 0 Å². The summed E-state index contributed by atoms with van der Waals surface area (Å²) in [5, 5.41) is 0. The molecule has 4 heteroatoms. The highest BCUT2D eigenvalue weighted by molar-refractivity contribution is 6.08. The summed E-state index contributed by atoms with van der Waals surface area (Å²) < 4.78 is 0. The first-order chi connectivity index (χ1) is 13.1. The molecule has 0 atom stereocenters. The van der Waals surface area contributed by atoms with Crippen LogP contribution < -0.4 is 0 Å². The van der Waals surface area contributed by atoms with Gasteiger partial charge in [-0.1, -0.05) is 80.5 Å². The second-order valence-electron chi connectivity index (χ2n) is 5.26. The van der Waals surface area contributed by atoms with E-state index in [4.69, 9.17) is 0 Å². The second kappa shape index (κ2) is 12.0. The van der Waals surface area contributed by atoms with E-state index < -0.39 is 0 Å². The van der Waals surface area contributed by atoms with Crippen molar-refractivity contribution in [3.8, 4) is 0 Å². The largest absolute Gasteiger partial charge is 0.296 e. The first kappa shape index (κ1) is 21.6. The standard InChI is InChI=1S/C23H26N4/c1-7-12-15-18(10-4)21-25-22(19(11-5)16-13-8-2)27-23(26-21)20(14-9-3)17-24-6/h7-17H,3-5H2,1-2,6H3/b12-7-,13-8-,18-15+,19-16+,20-14+,24-17-. The minimum Gasteiger partial charge on any atom is -0.296 e. The Hall–Kier alpha value is -3.40. The molecule has 0 radical (unpaired) electrons. The highest BCUT2D eigenvalue weighted by atomic mass is 15.0. The number of nitrogens with zero attached hydrogens (tertiary/aromatic N) is 4. The Bertz CT molecular complexity index is 810. The Morgan fingerprint density at radius 2 is 1.19 bits per heavy atom. The molecule has 0 spiro atoms. The predicted octanol–water partition coefficient (Wildman–Crippen LogP) is 5.43. The fourth-order valence-electron chi connectivity index (χ4n) is 2.07. The molecule has 0 bridgehead atoms. The molecule has 0 amide bonds. The zero-order valence-corrected chi connectivity index (χ0v) is 16.3. The summed E-state index contributed by atoms with van der Waals surface area (Å²) in [5.74, 6) is 1.55. The van der Waals surface area contributed by atoms with Crippen LogP contribution in [-0.2, 0) is 0 Å². The van der Waals surface area contributed by atoms with E-state index in [9.17, 15) is 0 Å². The second-order valence-corrected chi connectivity index (χ2v) is 5.26. The maximum atomic E-state index is 4.62. The maximum Gasteiger partial charge on any atom is 0.165 e. The van der Waals surface area contributed by atoms with Crippen molar-refractivity contribution in [3.05, 3.63) is 98.0 Å². The average molecular weight is 358 g/mol. The van der Waals surface area contributed by atoms with E-state index in [1.807, 2.05) is 56.4 Å². The molecule has 1 heterocycles. The highest BCUT2D eigenvalue weighted by Crippen LogP contribution is 2.19. The predicted molar refractivity (Wildman–Crippen MR) is 118 cm³/mol. The van der Waals surface area contributed by atoms with Gasteiger partial charge in [-0.2, -0.15) is 0 Å². The SMILES string of the molecule is C=C/C=C(\C=N/C)c1nc(/C(C=C)=C/C=C\C)nc(/C(C=C)=C/C=C\C)n1. The molecule has 1 rings (SSSR count). The maximum absolute atomic E-state index is 4.62. The summed E-state index contributed by atoms with van der Waals surface area (Å²) in [6, 6.07) is 0. The molecule has 0 N–H and O–H groups in total. The van der Waals surface area contributed by atoms with Gasteiger partial charge in [0.2, 0.25) is 0 Å². The van der Waals surface area contributed by atoms with Gasteiger partial charge < -0.3 is 0 Å². The van der Waals surface area contributed by atoms with E-state index in [0.29, 0.717) is 17.5 Å². The quantitative estimate of drug-likeness (QED) is 0.437. The summed E-state index contributed by atoms with van der Waals surface area (Å²) in [7, 11) is 1.70. The van der Waals surface area contributed by atoms with Crippen LogP contribution in [0.25, 0.3) is 16.7 Å². The van der Waals surface area contributed by atoms with Crippen molar-refractivity contribution in [1.82, 2.24) is 15.0 Å². The molecular weight excluding hydrogens is 332 g/mol. The Morgan fingerprint density at radius 1 is 0.741 bits per heavy atom. The van der Waals surface area contributed by atoms with Crippen LogP contribution in [0.3, 0.4) is 0 Å². The minimum absolute atomic E-state index is 0.502. The lowest BCUT2D eigenvalue weighted by molar-refractivity contribution is 0.974. The third-order valence-corrected chi connectivity index (χ3v) is 3.35. The summed E-state index contributed by atoms with van der Waals surface area (Å²) >= 11 is 0. The monoisotopic (exact) mass is 358 g/mol. The van der Waals surface area contributed by atoms with Gasteiger partial charge in [-0.25, -0.2) is 15.0 Å². The van der Waals surface area contributed by atoms with Crippen molar-refractivity contribution in [2.45, 2.75) is 13.8 Å². The molecule has 0 saturated carbocycles. The lowest BCUT2D eigenvalue weighted by Gasteiger charge is -2.09. The number of aromatic nitrogens is 3. The Kier molecular flexibility index (Phi) is 9.65. The van der Waals surface area contributed by atoms with Crippen molar-refractivity contribution < 1.29 is 0 Å². The van der Waals surface area contributed by atoms with E-state index in [-0.39, 0.29) is 0 Å². The van der Waals surface area contributed by atoms with Crippen LogP contribution in [-0.4, -0.2) is 28.2 Å². The first-order valence-electron chi connectivity index (χ1n) is 8.58. The van der Waals surface area contributed by atoms with Gasteiger partial charge in [-0.3, -0.25) is 4.99 Å². The van der Waals surface area contributed by atoms with E-state index >= 15 is 0 Å². The van der Waals surface area contributed by atoms with Gasteiger partial charge in [0.05, 0.1) is 0 Å². The lowest BCUT2D eigenvalue weighted by Crippen LogP contribution is -2.07. The molecule has 0 fully saturated rings. The minimum atomic E-state index is 0.502. The zero-order valence-electron chi connectivity index (χ0n) is 16.3. The van der Waals surface area contributed by atoms with Gasteiger partial charge in [-0.05, 0) is 13.8 Å². The van der Waals surface area contributed by atoms with Gasteiger partial charge in [-0.15, -0.1) is 0 Å². The average Bonchev–Trinajstić information content (AvgIpc) is 2.69. The molecule has 1 aromatic rings. The Morgan fingerprint density at radius 3 is 1.52 bits per heavy atom. The zero-order chi connectivity index (χ0) is 20.1. The van der Waals surface area contributed by atoms with Gasteiger partial charge >= 0.3 is 0 Å². The summed E-state index contributed by atoms with van der Waals surface area (Å²) in [6.07, 6.45) is 20.1. The van der Waals surface area contributed by atoms with E-state index in [1.54, 1.807) is 31.5 Å². The van der Waals surface area contributed by atoms with Crippen LogP contribution in [0, 0.1) is 0 Å². The van der Waals surface area contributed by atoms with Gasteiger partial charge in [0.1, 0.15) is 0 Å². The number of allylic oxidation sites excluding steroid dienone is 13. The summed E-state index contributed by atoms with van der Waals surface area (Å²) in [6.45, 7) is 15.4.